The van der Waals surface area contributed by atoms with E-state index in [9.17, 15) is 19.5 Å². The standard InChI is InChI=1S/C35H52N2O7/c1-7-9-11-13-21-42-30-17-15-26(32(38)36-20-19-25(3)37-34(41)44-35(4,5)6)23-28(30)29-24-27(33(39)40)16-18-31(29)43-22-14-12-10-8-2/h15-18,23-25H,7-14,19-22H2,1-6H3,(H,36,38)(H,37,41)(H,39,40). The second kappa shape index (κ2) is 18.8. The first-order valence-electron chi connectivity index (χ1n) is 16.0. The summed E-state index contributed by atoms with van der Waals surface area (Å²) in [6.07, 6.45) is 8.36. The van der Waals surface area contributed by atoms with Crippen LogP contribution in [0.15, 0.2) is 36.4 Å². The first-order chi connectivity index (χ1) is 20.9. The third-order valence-electron chi connectivity index (χ3n) is 6.90. The molecule has 3 N–H and O–H groups in total. The number of carbonyl (C=O) groups excluding carboxylic acids is 2. The summed E-state index contributed by atoms with van der Waals surface area (Å²) in [5, 5.41) is 15.4. The number of carbonyl (C=O) groups is 3. The molecule has 1 atom stereocenters. The number of amides is 2. The quantitative estimate of drug-likeness (QED) is 0.137. The van der Waals surface area contributed by atoms with E-state index in [1.54, 1.807) is 51.1 Å². The van der Waals surface area contributed by atoms with Gasteiger partial charge < -0.3 is 30.0 Å². The van der Waals surface area contributed by atoms with Crippen LogP contribution in [0, 0.1) is 0 Å². The number of carboxylic acid groups (broad SMARTS) is 1. The summed E-state index contributed by atoms with van der Waals surface area (Å²) >= 11 is 0. The minimum Gasteiger partial charge on any atom is -0.493 e. The van der Waals surface area contributed by atoms with Crippen molar-refractivity contribution >= 4 is 18.0 Å². The van der Waals surface area contributed by atoms with Crippen molar-refractivity contribution in [1.29, 1.82) is 0 Å². The fourth-order valence-electron chi connectivity index (χ4n) is 4.51. The van der Waals surface area contributed by atoms with Crippen molar-refractivity contribution in [3.8, 4) is 22.6 Å². The lowest BCUT2D eigenvalue weighted by molar-refractivity contribution is 0.0506. The van der Waals surface area contributed by atoms with Gasteiger partial charge in [-0.3, -0.25) is 4.79 Å². The van der Waals surface area contributed by atoms with Crippen LogP contribution >= 0.6 is 0 Å². The first kappa shape index (κ1) is 36.4. The zero-order chi connectivity index (χ0) is 32.5. The Balaban J connectivity index is 2.28. The summed E-state index contributed by atoms with van der Waals surface area (Å²) in [6, 6.07) is 9.76. The molecule has 0 bridgehead atoms. The molecular weight excluding hydrogens is 560 g/mol. The average molecular weight is 613 g/mol. The molecule has 0 spiro atoms. The monoisotopic (exact) mass is 612 g/mol. The molecule has 2 rings (SSSR count). The van der Waals surface area contributed by atoms with Crippen molar-refractivity contribution in [3.63, 3.8) is 0 Å². The number of benzene rings is 2. The van der Waals surface area contributed by atoms with Crippen molar-refractivity contribution in [2.75, 3.05) is 19.8 Å². The summed E-state index contributed by atoms with van der Waals surface area (Å²) in [5.74, 6) is -0.235. The van der Waals surface area contributed by atoms with E-state index in [1.165, 1.54) is 6.07 Å². The van der Waals surface area contributed by atoms with Gasteiger partial charge in [-0.05, 0) is 83.4 Å². The Kier molecular flexibility index (Phi) is 15.6. The van der Waals surface area contributed by atoms with Gasteiger partial charge in [-0.15, -0.1) is 0 Å². The Labute approximate surface area is 263 Å². The first-order valence-corrected chi connectivity index (χ1v) is 16.0. The highest BCUT2D eigenvalue weighted by atomic mass is 16.6. The summed E-state index contributed by atoms with van der Waals surface area (Å²) < 4.78 is 17.6. The van der Waals surface area contributed by atoms with E-state index in [-0.39, 0.29) is 17.5 Å². The van der Waals surface area contributed by atoms with Gasteiger partial charge >= 0.3 is 12.1 Å². The molecule has 0 aromatic heterocycles. The van der Waals surface area contributed by atoms with Gasteiger partial charge in [-0.1, -0.05) is 52.4 Å². The second-order valence-electron chi connectivity index (χ2n) is 12.1. The fourth-order valence-corrected chi connectivity index (χ4v) is 4.51. The van der Waals surface area contributed by atoms with Gasteiger partial charge in [0.2, 0.25) is 0 Å². The molecule has 0 saturated carbocycles. The fraction of sp³-hybridized carbons (Fsp3) is 0.571. The van der Waals surface area contributed by atoms with Crippen LogP contribution in [0.4, 0.5) is 4.79 Å². The Bertz CT molecular complexity index is 1210. The summed E-state index contributed by atoms with van der Waals surface area (Å²) in [4.78, 5) is 37.1. The van der Waals surface area contributed by atoms with E-state index in [0.29, 0.717) is 54.4 Å². The number of hydrogen-bond donors (Lipinski definition) is 3. The Morgan fingerprint density at radius 3 is 1.82 bits per heavy atom. The smallest absolute Gasteiger partial charge is 0.407 e. The predicted octanol–water partition coefficient (Wildman–Crippen LogP) is 8.00. The topological polar surface area (TPSA) is 123 Å². The molecule has 9 nitrogen and oxygen atoms in total. The normalized spacial score (nSPS) is 11.9. The van der Waals surface area contributed by atoms with Crippen molar-refractivity contribution in [1.82, 2.24) is 10.6 Å². The second-order valence-corrected chi connectivity index (χ2v) is 12.1. The summed E-state index contributed by atoms with van der Waals surface area (Å²) in [5.41, 5.74) is 1.09. The van der Waals surface area contributed by atoms with Gasteiger partial charge in [0.05, 0.1) is 18.8 Å². The van der Waals surface area contributed by atoms with Crippen molar-refractivity contribution in [2.45, 2.75) is 111 Å². The molecule has 44 heavy (non-hydrogen) atoms. The molecule has 0 aliphatic rings. The number of carboxylic acids is 1. The largest absolute Gasteiger partial charge is 0.493 e. The Morgan fingerprint density at radius 2 is 1.32 bits per heavy atom. The molecule has 2 aromatic rings. The molecule has 1 unspecified atom stereocenters. The molecule has 0 aliphatic carbocycles. The van der Waals surface area contributed by atoms with Crippen LogP contribution in [0.3, 0.4) is 0 Å². The van der Waals surface area contributed by atoms with Crippen LogP contribution in [0.2, 0.25) is 0 Å². The molecule has 244 valence electrons. The van der Waals surface area contributed by atoms with E-state index in [0.717, 1.165) is 51.4 Å². The molecule has 2 amide bonds. The Hall–Kier alpha value is -3.75. The van der Waals surface area contributed by atoms with Crippen molar-refractivity contribution in [3.05, 3.63) is 47.5 Å². The average Bonchev–Trinajstić information content (AvgIpc) is 2.95. The third kappa shape index (κ3) is 13.3. The van der Waals surface area contributed by atoms with Crippen LogP contribution in [-0.4, -0.2) is 54.5 Å². The van der Waals surface area contributed by atoms with Crippen LogP contribution in [0.5, 0.6) is 11.5 Å². The number of unbranched alkanes of at least 4 members (excludes halogenated alkanes) is 6. The van der Waals surface area contributed by atoms with E-state index in [2.05, 4.69) is 24.5 Å². The van der Waals surface area contributed by atoms with Crippen LogP contribution < -0.4 is 20.1 Å². The number of ether oxygens (including phenoxy) is 3. The number of nitrogens with one attached hydrogen (secondary N) is 2. The number of alkyl carbamates (subject to hydrolysis) is 1. The Morgan fingerprint density at radius 1 is 0.795 bits per heavy atom. The van der Waals surface area contributed by atoms with Gasteiger partial charge in [0.25, 0.3) is 5.91 Å². The van der Waals surface area contributed by atoms with Gasteiger partial charge in [-0.2, -0.15) is 0 Å². The molecule has 0 fully saturated rings. The van der Waals surface area contributed by atoms with Crippen LogP contribution in [0.25, 0.3) is 11.1 Å². The lowest BCUT2D eigenvalue weighted by Gasteiger charge is -2.22. The van der Waals surface area contributed by atoms with Gasteiger partial charge in [0, 0.05) is 29.3 Å². The summed E-state index contributed by atoms with van der Waals surface area (Å²) in [7, 11) is 0. The van der Waals surface area contributed by atoms with E-state index >= 15 is 0 Å². The molecule has 0 saturated heterocycles. The molecule has 0 aliphatic heterocycles. The van der Waals surface area contributed by atoms with Crippen LogP contribution in [0.1, 0.15) is 120 Å². The number of hydrogen-bond acceptors (Lipinski definition) is 6. The predicted molar refractivity (Wildman–Crippen MR) is 174 cm³/mol. The maximum atomic E-state index is 13.2. The maximum absolute atomic E-state index is 13.2. The molecule has 0 radical (unpaired) electrons. The zero-order valence-electron chi connectivity index (χ0n) is 27.4. The highest BCUT2D eigenvalue weighted by Gasteiger charge is 2.20. The summed E-state index contributed by atoms with van der Waals surface area (Å²) in [6.45, 7) is 12.9. The van der Waals surface area contributed by atoms with E-state index in [1.807, 2.05) is 6.92 Å². The maximum Gasteiger partial charge on any atom is 0.407 e. The van der Waals surface area contributed by atoms with Gasteiger partial charge in [0.15, 0.2) is 0 Å². The van der Waals surface area contributed by atoms with Gasteiger partial charge in [-0.25, -0.2) is 9.59 Å². The van der Waals surface area contributed by atoms with E-state index in [4.69, 9.17) is 14.2 Å². The minimum atomic E-state index is -1.05. The molecule has 9 heteroatoms. The lowest BCUT2D eigenvalue weighted by Crippen LogP contribution is -2.39. The SMILES string of the molecule is CCCCCCOc1ccc(C(=O)O)cc1-c1cc(C(=O)NCCC(C)NC(=O)OC(C)(C)C)ccc1OCCCCCC. The lowest BCUT2D eigenvalue weighted by atomic mass is 9.98. The molecule has 0 heterocycles. The molecular formula is C35H52N2O7. The minimum absolute atomic E-state index is 0.119. The third-order valence-corrected chi connectivity index (χ3v) is 6.90. The van der Waals surface area contributed by atoms with Crippen LogP contribution in [-0.2, 0) is 4.74 Å². The van der Waals surface area contributed by atoms with E-state index < -0.39 is 17.7 Å². The van der Waals surface area contributed by atoms with Crippen molar-refractivity contribution < 1.29 is 33.7 Å². The molecule has 2 aromatic carbocycles. The number of aromatic carboxylic acids is 1. The number of rotatable bonds is 19. The highest BCUT2D eigenvalue weighted by molar-refractivity contribution is 5.97. The highest BCUT2D eigenvalue weighted by Crippen LogP contribution is 2.38. The van der Waals surface area contributed by atoms with Gasteiger partial charge in [0.1, 0.15) is 17.1 Å². The zero-order valence-corrected chi connectivity index (χ0v) is 27.4. The van der Waals surface area contributed by atoms with Crippen molar-refractivity contribution in [2.24, 2.45) is 0 Å².